The van der Waals surface area contributed by atoms with Gasteiger partial charge in [-0.3, -0.25) is 9.78 Å². The molecule has 0 bridgehead atoms. The Hall–Kier alpha value is -3.09. The van der Waals surface area contributed by atoms with Crippen LogP contribution in [-0.2, 0) is 12.6 Å². The van der Waals surface area contributed by atoms with Crippen LogP contribution in [0.15, 0.2) is 54.7 Å². The zero-order chi connectivity index (χ0) is 19.4. The first kappa shape index (κ1) is 18.7. The number of carbonyl (C=O) groups is 1. The number of nitrogens with one attached hydrogen (secondary N) is 2. The first-order valence-electron chi connectivity index (χ1n) is 8.39. The summed E-state index contributed by atoms with van der Waals surface area (Å²) in [7, 11) is 1.58. The number of anilines is 1. The molecule has 0 unspecified atom stereocenters. The van der Waals surface area contributed by atoms with Crippen molar-refractivity contribution in [1.82, 2.24) is 10.3 Å². The van der Waals surface area contributed by atoms with Gasteiger partial charge in [-0.15, -0.1) is 0 Å². The van der Waals surface area contributed by atoms with E-state index in [1.54, 1.807) is 19.2 Å². The second-order valence-corrected chi connectivity index (χ2v) is 6.04. The third kappa shape index (κ3) is 4.36. The predicted octanol–water partition coefficient (Wildman–Crippen LogP) is 4.27. The highest BCUT2D eigenvalue weighted by Crippen LogP contribution is 2.32. The fourth-order valence-corrected chi connectivity index (χ4v) is 2.83. The third-order valence-electron chi connectivity index (χ3n) is 4.22. The highest BCUT2D eigenvalue weighted by molar-refractivity contribution is 5.94. The molecule has 2 aromatic carbocycles. The van der Waals surface area contributed by atoms with E-state index in [9.17, 15) is 18.0 Å². The monoisotopic (exact) mass is 373 g/mol. The number of carbonyl (C=O) groups excluding carboxylic acids is 1. The van der Waals surface area contributed by atoms with Crippen molar-refractivity contribution in [1.29, 1.82) is 0 Å². The topological polar surface area (TPSA) is 54.0 Å². The maximum Gasteiger partial charge on any atom is 0.416 e. The fraction of sp³-hybridized carbons (Fsp3) is 0.200. The average Bonchev–Trinajstić information content (AvgIpc) is 2.66. The summed E-state index contributed by atoms with van der Waals surface area (Å²) in [6, 6.07) is 12.6. The Morgan fingerprint density at radius 3 is 2.67 bits per heavy atom. The number of amides is 1. The van der Waals surface area contributed by atoms with E-state index in [0.717, 1.165) is 23.4 Å². The Kier molecular flexibility index (Phi) is 5.30. The van der Waals surface area contributed by atoms with Gasteiger partial charge >= 0.3 is 6.18 Å². The normalized spacial score (nSPS) is 11.4. The molecule has 0 fully saturated rings. The summed E-state index contributed by atoms with van der Waals surface area (Å²) in [5.41, 5.74) is 1.86. The molecule has 4 nitrogen and oxygen atoms in total. The summed E-state index contributed by atoms with van der Waals surface area (Å²) in [6.07, 6.45) is -2.25. The van der Waals surface area contributed by atoms with E-state index in [2.05, 4.69) is 15.6 Å². The van der Waals surface area contributed by atoms with Crippen molar-refractivity contribution in [2.75, 3.05) is 18.9 Å². The fourth-order valence-electron chi connectivity index (χ4n) is 2.83. The van der Waals surface area contributed by atoms with Gasteiger partial charge in [0, 0.05) is 36.4 Å². The van der Waals surface area contributed by atoms with Crippen LogP contribution in [0.2, 0.25) is 0 Å². The van der Waals surface area contributed by atoms with Crippen molar-refractivity contribution in [3.05, 3.63) is 71.4 Å². The molecule has 0 atom stereocenters. The van der Waals surface area contributed by atoms with Gasteiger partial charge < -0.3 is 10.6 Å². The molecule has 1 amide bonds. The number of fused-ring (bicyclic) bond motifs is 1. The van der Waals surface area contributed by atoms with Gasteiger partial charge in [0.1, 0.15) is 0 Å². The van der Waals surface area contributed by atoms with Gasteiger partial charge in [-0.05, 0) is 42.3 Å². The van der Waals surface area contributed by atoms with Gasteiger partial charge in [0.05, 0.1) is 11.1 Å². The lowest BCUT2D eigenvalue weighted by Crippen LogP contribution is -2.18. The quantitative estimate of drug-likeness (QED) is 0.702. The number of halogens is 3. The van der Waals surface area contributed by atoms with E-state index in [1.165, 1.54) is 12.3 Å². The summed E-state index contributed by atoms with van der Waals surface area (Å²) in [5.74, 6) is -0.148. The minimum atomic E-state index is -4.39. The minimum Gasteiger partial charge on any atom is -0.384 e. The molecule has 0 aliphatic rings. The summed E-state index contributed by atoms with van der Waals surface area (Å²) < 4.78 is 38.5. The molecule has 7 heteroatoms. The highest BCUT2D eigenvalue weighted by Gasteiger charge is 2.30. The molecule has 3 rings (SSSR count). The SMILES string of the molecule is CNC(=O)c1cccc(CCNc2ccnc3cc(C(F)(F)F)ccc23)c1. The van der Waals surface area contributed by atoms with E-state index < -0.39 is 11.7 Å². The molecule has 3 aromatic rings. The van der Waals surface area contributed by atoms with Crippen molar-refractivity contribution in [2.45, 2.75) is 12.6 Å². The maximum absolute atomic E-state index is 12.8. The van der Waals surface area contributed by atoms with E-state index in [4.69, 9.17) is 0 Å². The molecule has 0 aliphatic heterocycles. The van der Waals surface area contributed by atoms with Crippen LogP contribution in [0, 0.1) is 0 Å². The van der Waals surface area contributed by atoms with Crippen molar-refractivity contribution in [3.63, 3.8) is 0 Å². The lowest BCUT2D eigenvalue weighted by molar-refractivity contribution is -0.137. The summed E-state index contributed by atoms with van der Waals surface area (Å²) in [4.78, 5) is 15.7. The van der Waals surface area contributed by atoms with Crippen molar-refractivity contribution < 1.29 is 18.0 Å². The average molecular weight is 373 g/mol. The van der Waals surface area contributed by atoms with Gasteiger partial charge in [-0.2, -0.15) is 13.2 Å². The number of nitrogens with zero attached hydrogens (tertiary/aromatic N) is 1. The predicted molar refractivity (Wildman–Crippen MR) is 98.8 cm³/mol. The van der Waals surface area contributed by atoms with Crippen LogP contribution in [-0.4, -0.2) is 24.5 Å². The van der Waals surface area contributed by atoms with Crippen LogP contribution in [0.5, 0.6) is 0 Å². The minimum absolute atomic E-state index is 0.148. The van der Waals surface area contributed by atoms with Gasteiger partial charge in [-0.1, -0.05) is 18.2 Å². The highest BCUT2D eigenvalue weighted by atomic mass is 19.4. The zero-order valence-corrected chi connectivity index (χ0v) is 14.6. The largest absolute Gasteiger partial charge is 0.416 e. The number of benzene rings is 2. The Morgan fingerprint density at radius 1 is 1.11 bits per heavy atom. The smallest absolute Gasteiger partial charge is 0.384 e. The first-order chi connectivity index (χ1) is 12.9. The lowest BCUT2D eigenvalue weighted by atomic mass is 10.1. The number of hydrogen-bond acceptors (Lipinski definition) is 3. The Bertz CT molecular complexity index is 970. The molecule has 140 valence electrons. The number of rotatable bonds is 5. The van der Waals surface area contributed by atoms with Gasteiger partial charge in [0.15, 0.2) is 0 Å². The lowest BCUT2D eigenvalue weighted by Gasteiger charge is -2.12. The van der Waals surface area contributed by atoms with E-state index in [0.29, 0.717) is 23.9 Å². The van der Waals surface area contributed by atoms with Crippen molar-refractivity contribution in [2.24, 2.45) is 0 Å². The second kappa shape index (κ2) is 7.65. The molecule has 1 aromatic heterocycles. The van der Waals surface area contributed by atoms with Crippen LogP contribution in [0.4, 0.5) is 18.9 Å². The van der Waals surface area contributed by atoms with Gasteiger partial charge in [0.25, 0.3) is 5.91 Å². The Morgan fingerprint density at radius 2 is 1.93 bits per heavy atom. The number of alkyl halides is 3. The molecule has 0 aliphatic carbocycles. The molecule has 0 saturated carbocycles. The van der Waals surface area contributed by atoms with Crippen molar-refractivity contribution in [3.8, 4) is 0 Å². The molecule has 0 radical (unpaired) electrons. The number of pyridine rings is 1. The van der Waals surface area contributed by atoms with Gasteiger partial charge in [-0.25, -0.2) is 0 Å². The summed E-state index contributed by atoms with van der Waals surface area (Å²) >= 11 is 0. The molecule has 1 heterocycles. The number of hydrogen-bond donors (Lipinski definition) is 2. The third-order valence-corrected chi connectivity index (χ3v) is 4.22. The second-order valence-electron chi connectivity index (χ2n) is 6.04. The standard InChI is InChI=1S/C20H18F3N3O/c1-24-19(27)14-4-2-3-13(11-14)7-9-25-17-8-10-26-18-12-15(20(21,22)23)5-6-16(17)18/h2-6,8,10-12H,7,9H2,1H3,(H,24,27)(H,25,26). The van der Waals surface area contributed by atoms with Crippen LogP contribution >= 0.6 is 0 Å². The van der Waals surface area contributed by atoms with Gasteiger partial charge in [0.2, 0.25) is 0 Å². The molecular formula is C20H18F3N3O. The Balaban J connectivity index is 1.73. The van der Waals surface area contributed by atoms with Crippen LogP contribution < -0.4 is 10.6 Å². The van der Waals surface area contributed by atoms with E-state index in [-0.39, 0.29) is 11.4 Å². The van der Waals surface area contributed by atoms with Crippen LogP contribution in [0.25, 0.3) is 10.9 Å². The van der Waals surface area contributed by atoms with E-state index >= 15 is 0 Å². The van der Waals surface area contributed by atoms with Crippen LogP contribution in [0.1, 0.15) is 21.5 Å². The number of aromatic nitrogens is 1. The summed E-state index contributed by atoms with van der Waals surface area (Å²) in [5, 5.41) is 6.45. The molecular weight excluding hydrogens is 355 g/mol. The zero-order valence-electron chi connectivity index (χ0n) is 14.6. The summed E-state index contributed by atoms with van der Waals surface area (Å²) in [6.45, 7) is 0.567. The van der Waals surface area contributed by atoms with Crippen LogP contribution in [0.3, 0.4) is 0 Å². The first-order valence-corrected chi connectivity index (χ1v) is 8.39. The molecule has 0 spiro atoms. The molecule has 27 heavy (non-hydrogen) atoms. The van der Waals surface area contributed by atoms with Crippen molar-refractivity contribution >= 4 is 22.5 Å². The van der Waals surface area contributed by atoms with E-state index in [1.807, 2.05) is 18.2 Å². The molecule has 0 saturated heterocycles. The Labute approximate surface area is 154 Å². The molecule has 2 N–H and O–H groups in total. The maximum atomic E-state index is 12.8.